The molecule has 0 unspecified atom stereocenters. The summed E-state index contributed by atoms with van der Waals surface area (Å²) >= 11 is 5.37. The fourth-order valence-corrected chi connectivity index (χ4v) is 6.14. The van der Waals surface area contributed by atoms with E-state index in [9.17, 15) is 4.79 Å². The van der Waals surface area contributed by atoms with Crippen molar-refractivity contribution in [3.05, 3.63) is 85.5 Å². The minimum absolute atomic E-state index is 0.0245. The average molecular weight is 469 g/mol. The van der Waals surface area contributed by atoms with Gasteiger partial charge in [-0.1, -0.05) is 59.3 Å². The molecule has 0 saturated carbocycles. The summed E-state index contributed by atoms with van der Waals surface area (Å²) in [4.78, 5) is 18.0. The predicted octanol–water partition coefficient (Wildman–Crippen LogP) is 5.97. The maximum Gasteiger partial charge on any atom is 0.238 e. The third-order valence-corrected chi connectivity index (χ3v) is 7.27. The minimum atomic E-state index is 0.0245. The molecule has 3 nitrogen and oxygen atoms in total. The largest absolute Gasteiger partial charge is 0.325 e. The van der Waals surface area contributed by atoms with Crippen molar-refractivity contribution in [1.29, 1.82) is 0 Å². The number of nitrogens with zero attached hydrogens (tertiary/aromatic N) is 1. The summed E-state index contributed by atoms with van der Waals surface area (Å²) in [5.41, 5.74) is 5.09. The minimum Gasteiger partial charge on any atom is -0.325 e. The van der Waals surface area contributed by atoms with Gasteiger partial charge in [-0.3, -0.25) is 9.69 Å². The van der Waals surface area contributed by atoms with E-state index in [2.05, 4.69) is 70.3 Å². The van der Waals surface area contributed by atoms with Crippen LogP contribution >= 0.6 is 27.3 Å². The number of thiophene rings is 1. The van der Waals surface area contributed by atoms with Crippen LogP contribution in [-0.4, -0.2) is 23.9 Å². The van der Waals surface area contributed by atoms with Gasteiger partial charge < -0.3 is 5.32 Å². The molecule has 0 fully saturated rings. The van der Waals surface area contributed by atoms with Crippen molar-refractivity contribution >= 4 is 38.9 Å². The fraction of sp³-hybridized carbons (Fsp3) is 0.292. The molecule has 4 rings (SSSR count). The number of amides is 1. The molecular formula is C24H25BrN2OS. The van der Waals surface area contributed by atoms with E-state index in [1.807, 2.05) is 35.6 Å². The highest BCUT2D eigenvalue weighted by atomic mass is 79.9. The van der Waals surface area contributed by atoms with Gasteiger partial charge >= 0.3 is 0 Å². The number of nitrogens with one attached hydrogen (secondary N) is 1. The lowest BCUT2D eigenvalue weighted by Crippen LogP contribution is -2.40. The van der Waals surface area contributed by atoms with Crippen LogP contribution in [0.3, 0.4) is 0 Å². The van der Waals surface area contributed by atoms with E-state index in [0.717, 1.165) is 29.5 Å². The molecule has 29 heavy (non-hydrogen) atoms. The number of fused-ring (bicyclic) bond motifs is 1. The van der Waals surface area contributed by atoms with Gasteiger partial charge in [0, 0.05) is 26.5 Å². The quantitative estimate of drug-likeness (QED) is 0.500. The standard InChI is InChI=1S/C24H25BrN2OS/c1-3-20-16(2)29-24-21(20)12-13-27(23(24)17-8-5-4-6-9-17)15-22(28)26-19-11-7-10-18(25)14-19/h4-11,14,23H,3,12-13,15H2,1-2H3,(H,26,28)/t23-/m0/s1. The van der Waals surface area contributed by atoms with Crippen LogP contribution in [0.5, 0.6) is 0 Å². The molecule has 1 N–H and O–H groups in total. The van der Waals surface area contributed by atoms with Crippen molar-refractivity contribution in [1.82, 2.24) is 4.90 Å². The zero-order chi connectivity index (χ0) is 20.4. The van der Waals surface area contributed by atoms with Crippen LogP contribution in [0.15, 0.2) is 59.1 Å². The van der Waals surface area contributed by atoms with Crippen LogP contribution in [0, 0.1) is 6.92 Å². The lowest BCUT2D eigenvalue weighted by molar-refractivity contribution is -0.117. The summed E-state index contributed by atoms with van der Waals surface area (Å²) in [7, 11) is 0. The third kappa shape index (κ3) is 4.32. The maximum absolute atomic E-state index is 12.8. The van der Waals surface area contributed by atoms with Gasteiger partial charge in [0.2, 0.25) is 5.91 Å². The van der Waals surface area contributed by atoms with Crippen LogP contribution in [0.25, 0.3) is 0 Å². The van der Waals surface area contributed by atoms with E-state index in [0.29, 0.717) is 6.54 Å². The van der Waals surface area contributed by atoms with E-state index < -0.39 is 0 Å². The SMILES string of the molecule is CCc1c(C)sc2c1CCN(CC(=O)Nc1cccc(Br)c1)[C@H]2c1ccccc1. The molecule has 1 aliphatic rings. The number of aryl methyl sites for hydroxylation is 1. The Kier molecular flexibility index (Phi) is 6.18. The monoisotopic (exact) mass is 468 g/mol. The highest BCUT2D eigenvalue weighted by Crippen LogP contribution is 2.42. The molecule has 2 heterocycles. The van der Waals surface area contributed by atoms with Crippen LogP contribution in [0.1, 0.15) is 39.4 Å². The van der Waals surface area contributed by atoms with E-state index in [4.69, 9.17) is 0 Å². The summed E-state index contributed by atoms with van der Waals surface area (Å²) in [6.07, 6.45) is 2.08. The number of halogens is 1. The molecular weight excluding hydrogens is 444 g/mol. The summed E-state index contributed by atoms with van der Waals surface area (Å²) in [6.45, 7) is 5.74. The van der Waals surface area contributed by atoms with Gasteiger partial charge in [0.05, 0.1) is 12.6 Å². The first kappa shape index (κ1) is 20.3. The lowest BCUT2D eigenvalue weighted by Gasteiger charge is -2.36. The van der Waals surface area contributed by atoms with Gasteiger partial charge in [-0.25, -0.2) is 0 Å². The molecule has 2 aromatic carbocycles. The molecule has 0 bridgehead atoms. The topological polar surface area (TPSA) is 32.3 Å². The summed E-state index contributed by atoms with van der Waals surface area (Å²) < 4.78 is 0.959. The molecule has 3 aromatic rings. The first-order valence-corrected chi connectivity index (χ1v) is 11.6. The van der Waals surface area contributed by atoms with Gasteiger partial charge in [0.1, 0.15) is 0 Å². The number of hydrogen-bond acceptors (Lipinski definition) is 3. The highest BCUT2D eigenvalue weighted by molar-refractivity contribution is 9.10. The molecule has 1 atom stereocenters. The zero-order valence-electron chi connectivity index (χ0n) is 16.7. The van der Waals surface area contributed by atoms with Gasteiger partial charge in [0.15, 0.2) is 0 Å². The Hall–Kier alpha value is -1.95. The molecule has 0 spiro atoms. The maximum atomic E-state index is 12.8. The lowest BCUT2D eigenvalue weighted by atomic mass is 9.91. The number of anilines is 1. The molecule has 150 valence electrons. The Bertz CT molecular complexity index is 1010. The van der Waals surface area contributed by atoms with Crippen LogP contribution in [-0.2, 0) is 17.6 Å². The highest BCUT2D eigenvalue weighted by Gasteiger charge is 2.33. The number of carbonyl (C=O) groups excluding carboxylic acids is 1. The first-order valence-electron chi connectivity index (χ1n) is 10.0. The summed E-state index contributed by atoms with van der Waals surface area (Å²) in [5, 5.41) is 3.05. The van der Waals surface area contributed by atoms with Crippen molar-refractivity contribution in [2.24, 2.45) is 0 Å². The van der Waals surface area contributed by atoms with Gasteiger partial charge in [-0.05, 0) is 54.7 Å². The Labute approximate surface area is 184 Å². The Morgan fingerprint density at radius 1 is 1.21 bits per heavy atom. The molecule has 0 radical (unpaired) electrons. The second-order valence-corrected chi connectivity index (χ2v) is 9.60. The summed E-state index contributed by atoms with van der Waals surface area (Å²) in [6, 6.07) is 18.5. The van der Waals surface area contributed by atoms with Gasteiger partial charge in [-0.15, -0.1) is 11.3 Å². The number of carbonyl (C=O) groups is 1. The van der Waals surface area contributed by atoms with Crippen molar-refractivity contribution in [2.45, 2.75) is 32.7 Å². The Morgan fingerprint density at radius 2 is 2.00 bits per heavy atom. The molecule has 1 aromatic heterocycles. The van der Waals surface area contributed by atoms with Crippen molar-refractivity contribution in [3.63, 3.8) is 0 Å². The molecule has 0 saturated heterocycles. The summed E-state index contributed by atoms with van der Waals surface area (Å²) in [5.74, 6) is 0.0245. The first-order chi connectivity index (χ1) is 14.1. The predicted molar refractivity (Wildman–Crippen MR) is 125 cm³/mol. The zero-order valence-corrected chi connectivity index (χ0v) is 19.1. The van der Waals surface area contributed by atoms with E-state index in [-0.39, 0.29) is 11.9 Å². The normalized spacial score (nSPS) is 16.4. The number of hydrogen-bond donors (Lipinski definition) is 1. The van der Waals surface area contributed by atoms with E-state index in [1.54, 1.807) is 0 Å². The third-order valence-electron chi connectivity index (χ3n) is 5.54. The van der Waals surface area contributed by atoms with Crippen LogP contribution in [0.2, 0.25) is 0 Å². The Balaban J connectivity index is 1.62. The van der Waals surface area contributed by atoms with Crippen molar-refractivity contribution in [3.8, 4) is 0 Å². The van der Waals surface area contributed by atoms with E-state index in [1.165, 1.54) is 26.4 Å². The number of benzene rings is 2. The molecule has 0 aliphatic carbocycles. The molecule has 1 amide bonds. The van der Waals surface area contributed by atoms with Gasteiger partial charge in [-0.2, -0.15) is 0 Å². The van der Waals surface area contributed by atoms with Crippen LogP contribution in [0.4, 0.5) is 5.69 Å². The smallest absolute Gasteiger partial charge is 0.238 e. The number of rotatable bonds is 5. The second-order valence-electron chi connectivity index (χ2n) is 7.43. The Morgan fingerprint density at radius 3 is 2.72 bits per heavy atom. The molecule has 5 heteroatoms. The fourth-order valence-electron chi connectivity index (χ4n) is 4.28. The van der Waals surface area contributed by atoms with Gasteiger partial charge in [0.25, 0.3) is 0 Å². The van der Waals surface area contributed by atoms with Crippen LogP contribution < -0.4 is 5.32 Å². The van der Waals surface area contributed by atoms with Crippen molar-refractivity contribution < 1.29 is 4.79 Å². The molecule has 1 aliphatic heterocycles. The second kappa shape index (κ2) is 8.82. The van der Waals surface area contributed by atoms with E-state index >= 15 is 0 Å². The average Bonchev–Trinajstić information content (AvgIpc) is 3.03. The van der Waals surface area contributed by atoms with Crippen molar-refractivity contribution in [2.75, 3.05) is 18.4 Å².